The minimum atomic E-state index is -0.803. The number of rotatable bonds is 49. The molecule has 382 valence electrons. The van der Waals surface area contributed by atoms with Crippen molar-refractivity contribution in [2.75, 3.05) is 13.2 Å². The molecule has 0 N–H and O–H groups in total. The summed E-state index contributed by atoms with van der Waals surface area (Å²) in [5.74, 6) is -0.956. The molecule has 0 aliphatic rings. The second-order valence-corrected chi connectivity index (χ2v) is 18.1. The Bertz CT molecular complexity index is 1350. The predicted molar refractivity (Wildman–Crippen MR) is 288 cm³/mol. The van der Waals surface area contributed by atoms with E-state index in [1.807, 2.05) is 0 Å². The first kappa shape index (κ1) is 63.3. The molecule has 0 aromatic heterocycles. The molecule has 1 unspecified atom stereocenters. The SMILES string of the molecule is CC/C=C\C/C=C\C/C=C\C/C=C\CCCCC(=O)OCC(COC(=O)CCCCCCCCC/C=C\C/C=C\CCCCC)OC(=O)CCCCCCCCC/C=C\C/C=C\CCCCC. The maximum Gasteiger partial charge on any atom is 0.306 e. The Morgan fingerprint density at radius 1 is 0.313 bits per heavy atom. The number of esters is 3. The van der Waals surface area contributed by atoms with Gasteiger partial charge in [-0.25, -0.2) is 0 Å². The van der Waals surface area contributed by atoms with Crippen molar-refractivity contribution in [3.8, 4) is 0 Å². The van der Waals surface area contributed by atoms with E-state index in [9.17, 15) is 14.4 Å². The Kier molecular flexibility index (Phi) is 51.9. The van der Waals surface area contributed by atoms with Crippen LogP contribution in [-0.2, 0) is 28.6 Å². The standard InChI is InChI=1S/C61H102O6/c1-4-7-10-13-16-19-22-25-28-30-33-36-39-42-45-48-51-54-60(63)66-57-58(56-65-59(62)53-50-47-44-41-38-35-32-27-24-21-18-15-12-9-6-3)67-61(64)55-52-49-46-43-40-37-34-31-29-26-23-20-17-14-11-8-5-2/h9,12,16-21,25-29,32,38,41,58H,4-8,10-11,13-15,22-24,30-31,33-37,39-40,42-57H2,1-3H3/b12-9-,19-16-,20-17-,21-18-,28-25-,29-26-,32-27-,41-38-. The highest BCUT2D eigenvalue weighted by molar-refractivity contribution is 5.71. The zero-order valence-electron chi connectivity index (χ0n) is 43.6. The topological polar surface area (TPSA) is 78.9 Å². The lowest BCUT2D eigenvalue weighted by atomic mass is 10.1. The van der Waals surface area contributed by atoms with E-state index in [1.54, 1.807) is 0 Å². The van der Waals surface area contributed by atoms with Gasteiger partial charge in [0.15, 0.2) is 6.10 Å². The molecule has 0 bridgehead atoms. The first-order valence-corrected chi connectivity index (χ1v) is 27.7. The highest BCUT2D eigenvalue weighted by atomic mass is 16.6. The molecule has 6 nitrogen and oxygen atoms in total. The Balaban J connectivity index is 4.48. The second-order valence-electron chi connectivity index (χ2n) is 18.1. The molecule has 0 saturated heterocycles. The summed E-state index contributed by atoms with van der Waals surface area (Å²) in [6, 6.07) is 0. The van der Waals surface area contributed by atoms with Gasteiger partial charge in [0, 0.05) is 19.3 Å². The van der Waals surface area contributed by atoms with Crippen LogP contribution in [0.2, 0.25) is 0 Å². The van der Waals surface area contributed by atoms with E-state index in [0.717, 1.165) is 109 Å². The van der Waals surface area contributed by atoms with Crippen LogP contribution in [0.1, 0.15) is 252 Å². The predicted octanol–water partition coefficient (Wildman–Crippen LogP) is 18.5. The van der Waals surface area contributed by atoms with Gasteiger partial charge in [0.2, 0.25) is 0 Å². The molecule has 1 atom stereocenters. The van der Waals surface area contributed by atoms with Crippen molar-refractivity contribution in [2.24, 2.45) is 0 Å². The van der Waals surface area contributed by atoms with Crippen molar-refractivity contribution >= 4 is 17.9 Å². The highest BCUT2D eigenvalue weighted by Gasteiger charge is 2.19. The van der Waals surface area contributed by atoms with Gasteiger partial charge < -0.3 is 14.2 Å². The monoisotopic (exact) mass is 931 g/mol. The van der Waals surface area contributed by atoms with Gasteiger partial charge in [-0.3, -0.25) is 14.4 Å². The Hall–Kier alpha value is -3.67. The molecule has 0 spiro atoms. The maximum atomic E-state index is 12.8. The van der Waals surface area contributed by atoms with Crippen LogP contribution in [0.3, 0.4) is 0 Å². The summed E-state index contributed by atoms with van der Waals surface area (Å²) in [6.45, 7) is 6.43. The summed E-state index contributed by atoms with van der Waals surface area (Å²) in [5, 5.41) is 0. The van der Waals surface area contributed by atoms with E-state index >= 15 is 0 Å². The van der Waals surface area contributed by atoms with Gasteiger partial charge >= 0.3 is 17.9 Å². The molecule has 0 aromatic rings. The molecule has 0 aliphatic carbocycles. The largest absolute Gasteiger partial charge is 0.462 e. The Labute approximate surface area is 413 Å². The number of hydrogen-bond acceptors (Lipinski definition) is 6. The fraction of sp³-hybridized carbons (Fsp3) is 0.689. The summed E-state index contributed by atoms with van der Waals surface area (Å²) in [7, 11) is 0. The first-order chi connectivity index (χ1) is 33.0. The van der Waals surface area contributed by atoms with Crippen LogP contribution in [0.4, 0.5) is 0 Å². The third kappa shape index (κ3) is 53.2. The Morgan fingerprint density at radius 3 is 0.940 bits per heavy atom. The van der Waals surface area contributed by atoms with Crippen molar-refractivity contribution in [3.05, 3.63) is 97.2 Å². The average Bonchev–Trinajstić information content (AvgIpc) is 3.33. The van der Waals surface area contributed by atoms with Gasteiger partial charge in [0.1, 0.15) is 13.2 Å². The van der Waals surface area contributed by atoms with E-state index in [2.05, 4.69) is 118 Å². The van der Waals surface area contributed by atoms with Gasteiger partial charge in [0.05, 0.1) is 0 Å². The lowest BCUT2D eigenvalue weighted by Gasteiger charge is -2.18. The lowest BCUT2D eigenvalue weighted by Crippen LogP contribution is -2.30. The number of ether oxygens (including phenoxy) is 3. The second kappa shape index (κ2) is 54.9. The molecule has 0 rings (SSSR count). The van der Waals surface area contributed by atoms with Crippen LogP contribution in [-0.4, -0.2) is 37.2 Å². The molecule has 67 heavy (non-hydrogen) atoms. The highest BCUT2D eigenvalue weighted by Crippen LogP contribution is 2.14. The number of carbonyl (C=O) groups excluding carboxylic acids is 3. The number of carbonyl (C=O) groups is 3. The van der Waals surface area contributed by atoms with Crippen molar-refractivity contribution in [2.45, 2.75) is 258 Å². The zero-order chi connectivity index (χ0) is 48.6. The average molecular weight is 931 g/mol. The van der Waals surface area contributed by atoms with Crippen molar-refractivity contribution in [1.29, 1.82) is 0 Å². The van der Waals surface area contributed by atoms with Crippen LogP contribution in [0, 0.1) is 0 Å². The Morgan fingerprint density at radius 2 is 0.582 bits per heavy atom. The fourth-order valence-corrected chi connectivity index (χ4v) is 7.37. The maximum absolute atomic E-state index is 12.8. The molecule has 0 saturated carbocycles. The van der Waals surface area contributed by atoms with Crippen LogP contribution in [0.5, 0.6) is 0 Å². The minimum absolute atomic E-state index is 0.0989. The minimum Gasteiger partial charge on any atom is -0.462 e. The summed E-state index contributed by atoms with van der Waals surface area (Å²) in [6.07, 6.45) is 72.5. The van der Waals surface area contributed by atoms with Crippen LogP contribution >= 0.6 is 0 Å². The van der Waals surface area contributed by atoms with Crippen molar-refractivity contribution in [1.82, 2.24) is 0 Å². The van der Waals surface area contributed by atoms with Gasteiger partial charge in [-0.1, -0.05) is 208 Å². The van der Waals surface area contributed by atoms with E-state index in [1.165, 1.54) is 103 Å². The van der Waals surface area contributed by atoms with E-state index in [4.69, 9.17) is 14.2 Å². The number of unbranched alkanes of at least 4 members (excludes halogenated alkanes) is 22. The molecule has 0 heterocycles. The summed E-state index contributed by atoms with van der Waals surface area (Å²) in [4.78, 5) is 38.1. The molecule has 0 radical (unpaired) electrons. The summed E-state index contributed by atoms with van der Waals surface area (Å²) < 4.78 is 16.8. The third-order valence-corrected chi connectivity index (χ3v) is 11.5. The van der Waals surface area contributed by atoms with E-state index < -0.39 is 6.10 Å². The van der Waals surface area contributed by atoms with Gasteiger partial charge in [-0.2, -0.15) is 0 Å². The quantitative estimate of drug-likeness (QED) is 0.0262. The van der Waals surface area contributed by atoms with E-state index in [0.29, 0.717) is 19.3 Å². The molecular weight excluding hydrogens is 829 g/mol. The summed E-state index contributed by atoms with van der Waals surface area (Å²) in [5.41, 5.74) is 0. The van der Waals surface area contributed by atoms with Crippen LogP contribution in [0.15, 0.2) is 97.2 Å². The molecule has 0 aromatic carbocycles. The molecule has 6 heteroatoms. The molecule has 0 aliphatic heterocycles. The fourth-order valence-electron chi connectivity index (χ4n) is 7.37. The van der Waals surface area contributed by atoms with Gasteiger partial charge in [-0.15, -0.1) is 0 Å². The third-order valence-electron chi connectivity index (χ3n) is 11.5. The first-order valence-electron chi connectivity index (χ1n) is 27.7. The smallest absolute Gasteiger partial charge is 0.306 e. The lowest BCUT2D eigenvalue weighted by molar-refractivity contribution is -0.167. The van der Waals surface area contributed by atoms with Crippen molar-refractivity contribution in [3.63, 3.8) is 0 Å². The zero-order valence-corrected chi connectivity index (χ0v) is 43.6. The number of hydrogen-bond donors (Lipinski definition) is 0. The van der Waals surface area contributed by atoms with Crippen LogP contribution in [0.25, 0.3) is 0 Å². The van der Waals surface area contributed by atoms with Gasteiger partial charge in [-0.05, 0) is 122 Å². The number of allylic oxidation sites excluding steroid dienone is 16. The van der Waals surface area contributed by atoms with Crippen LogP contribution < -0.4 is 0 Å². The normalized spacial score (nSPS) is 12.8. The summed E-state index contributed by atoms with van der Waals surface area (Å²) >= 11 is 0. The van der Waals surface area contributed by atoms with E-state index in [-0.39, 0.29) is 31.1 Å². The molecule has 0 fully saturated rings. The molecule has 0 amide bonds. The molecular formula is C61H102O6. The van der Waals surface area contributed by atoms with Crippen molar-refractivity contribution < 1.29 is 28.6 Å². The van der Waals surface area contributed by atoms with Gasteiger partial charge in [0.25, 0.3) is 0 Å².